The third-order valence-corrected chi connectivity index (χ3v) is 7.60. The van der Waals surface area contributed by atoms with Gasteiger partial charge in [0.15, 0.2) is 0 Å². The molecule has 3 aromatic rings. The van der Waals surface area contributed by atoms with Gasteiger partial charge in [-0.15, -0.1) is 0 Å². The van der Waals surface area contributed by atoms with Crippen molar-refractivity contribution in [3.63, 3.8) is 0 Å². The van der Waals surface area contributed by atoms with Crippen LogP contribution in [-0.2, 0) is 25.5 Å². The van der Waals surface area contributed by atoms with Gasteiger partial charge in [0, 0.05) is 48.3 Å². The third kappa shape index (κ3) is 8.57. The van der Waals surface area contributed by atoms with Crippen LogP contribution in [0.3, 0.4) is 0 Å². The SMILES string of the molecule is COc1ccc2[nH]c(C)c(CC(=O)NC(CCCCCC(C)=O)C(=O)NCC3CN(c4ccccc4)CCO3)c2c1. The van der Waals surface area contributed by atoms with Crippen molar-refractivity contribution in [3.05, 3.63) is 59.8 Å². The molecular formula is C32H42N4O5. The molecule has 1 saturated heterocycles. The van der Waals surface area contributed by atoms with Crippen LogP contribution in [0.25, 0.3) is 10.9 Å². The Hall–Kier alpha value is -3.85. The fraction of sp³-hybridized carbons (Fsp3) is 0.469. The van der Waals surface area contributed by atoms with Gasteiger partial charge in [-0.2, -0.15) is 0 Å². The monoisotopic (exact) mass is 562 g/mol. The highest BCUT2D eigenvalue weighted by molar-refractivity contribution is 5.93. The topological polar surface area (TPSA) is 113 Å². The molecule has 0 aliphatic carbocycles. The Morgan fingerprint density at radius 3 is 2.68 bits per heavy atom. The number of hydrogen-bond acceptors (Lipinski definition) is 6. The summed E-state index contributed by atoms with van der Waals surface area (Å²) in [6.07, 6.45) is 3.35. The molecule has 2 atom stereocenters. The number of nitrogens with zero attached hydrogens (tertiary/aromatic N) is 1. The van der Waals surface area contributed by atoms with E-state index in [1.165, 1.54) is 0 Å². The molecule has 9 heteroatoms. The number of rotatable bonds is 14. The second-order valence-electron chi connectivity index (χ2n) is 10.8. The number of aromatic nitrogens is 1. The van der Waals surface area contributed by atoms with Gasteiger partial charge >= 0.3 is 0 Å². The van der Waals surface area contributed by atoms with Gasteiger partial charge in [0.1, 0.15) is 17.6 Å². The van der Waals surface area contributed by atoms with Gasteiger partial charge in [-0.3, -0.25) is 9.59 Å². The lowest BCUT2D eigenvalue weighted by atomic mass is 10.0. The highest BCUT2D eigenvalue weighted by atomic mass is 16.5. The standard InChI is InChI=1S/C32H42N4O5/c1-22(37)10-6-4-9-13-30(32(39)33-20-26-21-36(16-17-41-26)24-11-7-5-8-12-24)35-31(38)19-27-23(2)34-29-15-14-25(40-3)18-28(27)29/h5,7-8,11-12,14-15,18,26,30,34H,4,6,9-10,13,16-17,19-21H2,1-3H3,(H,33,39)(H,35,38). The number of fused-ring (bicyclic) bond motifs is 1. The zero-order valence-electron chi connectivity index (χ0n) is 24.3. The molecule has 2 unspecified atom stereocenters. The number of unbranched alkanes of at least 4 members (excludes halogenated alkanes) is 2. The van der Waals surface area contributed by atoms with Gasteiger partial charge in [-0.25, -0.2) is 0 Å². The summed E-state index contributed by atoms with van der Waals surface area (Å²) in [6, 6.07) is 15.2. The summed E-state index contributed by atoms with van der Waals surface area (Å²) in [6.45, 7) is 5.95. The Labute approximate surface area is 242 Å². The fourth-order valence-corrected chi connectivity index (χ4v) is 5.34. The number of H-pyrrole nitrogens is 1. The fourth-order valence-electron chi connectivity index (χ4n) is 5.34. The van der Waals surface area contributed by atoms with Gasteiger partial charge < -0.3 is 34.8 Å². The van der Waals surface area contributed by atoms with Crippen LogP contribution >= 0.6 is 0 Å². The number of nitrogens with one attached hydrogen (secondary N) is 3. The van der Waals surface area contributed by atoms with Crippen LogP contribution in [0.2, 0.25) is 0 Å². The quantitative estimate of drug-likeness (QED) is 0.255. The van der Waals surface area contributed by atoms with Crippen molar-refractivity contribution in [2.75, 3.05) is 38.3 Å². The Kier molecular flexibility index (Phi) is 10.8. The lowest BCUT2D eigenvalue weighted by molar-refractivity contribution is -0.129. The number of aryl methyl sites for hydroxylation is 1. The lowest BCUT2D eigenvalue weighted by Crippen LogP contribution is -2.52. The second-order valence-corrected chi connectivity index (χ2v) is 10.8. The zero-order chi connectivity index (χ0) is 29.2. The third-order valence-electron chi connectivity index (χ3n) is 7.60. The molecule has 4 rings (SSSR count). The minimum absolute atomic E-state index is 0.144. The minimum atomic E-state index is -0.673. The number of Topliss-reactive ketones (excluding diaryl/α,β-unsaturated/α-hetero) is 1. The van der Waals surface area contributed by atoms with E-state index in [1.807, 2.05) is 43.3 Å². The normalized spacial score (nSPS) is 15.9. The molecule has 1 fully saturated rings. The first-order chi connectivity index (χ1) is 19.8. The van der Waals surface area contributed by atoms with E-state index in [-0.39, 0.29) is 30.1 Å². The van der Waals surface area contributed by atoms with E-state index in [0.29, 0.717) is 32.5 Å². The summed E-state index contributed by atoms with van der Waals surface area (Å²) in [7, 11) is 1.62. The van der Waals surface area contributed by atoms with Crippen molar-refractivity contribution < 1.29 is 23.9 Å². The second kappa shape index (κ2) is 14.7. The zero-order valence-corrected chi connectivity index (χ0v) is 24.3. The van der Waals surface area contributed by atoms with Crippen LogP contribution in [0, 0.1) is 6.92 Å². The van der Waals surface area contributed by atoms with Crippen LogP contribution in [0.1, 0.15) is 50.3 Å². The minimum Gasteiger partial charge on any atom is -0.497 e. The lowest BCUT2D eigenvalue weighted by Gasteiger charge is -2.34. The van der Waals surface area contributed by atoms with E-state index in [1.54, 1.807) is 14.0 Å². The number of methoxy groups -OCH3 is 1. The molecule has 0 saturated carbocycles. The molecule has 41 heavy (non-hydrogen) atoms. The maximum Gasteiger partial charge on any atom is 0.242 e. The number of amides is 2. The molecule has 1 aliphatic rings. The summed E-state index contributed by atoms with van der Waals surface area (Å²) in [5, 5.41) is 6.94. The van der Waals surface area contributed by atoms with Crippen LogP contribution in [0.15, 0.2) is 48.5 Å². The number of ketones is 1. The number of morpholine rings is 1. The number of carbonyl (C=O) groups excluding carboxylic acids is 3. The molecule has 0 radical (unpaired) electrons. The smallest absolute Gasteiger partial charge is 0.242 e. The van der Waals surface area contributed by atoms with E-state index in [0.717, 1.165) is 59.4 Å². The number of benzene rings is 2. The van der Waals surface area contributed by atoms with Crippen molar-refractivity contribution in [1.82, 2.24) is 15.6 Å². The number of carbonyl (C=O) groups is 3. The molecule has 0 bridgehead atoms. The molecule has 9 nitrogen and oxygen atoms in total. The number of ether oxygens (including phenoxy) is 2. The first-order valence-electron chi connectivity index (χ1n) is 14.5. The molecule has 220 valence electrons. The van der Waals surface area contributed by atoms with E-state index < -0.39 is 6.04 Å². The van der Waals surface area contributed by atoms with E-state index in [4.69, 9.17) is 9.47 Å². The number of aromatic amines is 1. The maximum absolute atomic E-state index is 13.3. The van der Waals surface area contributed by atoms with Crippen LogP contribution in [0.4, 0.5) is 5.69 Å². The Morgan fingerprint density at radius 1 is 1.12 bits per heavy atom. The van der Waals surface area contributed by atoms with E-state index in [9.17, 15) is 14.4 Å². The van der Waals surface area contributed by atoms with E-state index in [2.05, 4.69) is 32.7 Å². The molecule has 1 aliphatic heterocycles. The average molecular weight is 563 g/mol. The van der Waals surface area contributed by atoms with Crippen molar-refractivity contribution in [1.29, 1.82) is 0 Å². The van der Waals surface area contributed by atoms with Crippen LogP contribution in [0.5, 0.6) is 5.75 Å². The largest absolute Gasteiger partial charge is 0.497 e. The number of para-hydroxylation sites is 1. The van der Waals surface area contributed by atoms with E-state index >= 15 is 0 Å². The summed E-state index contributed by atoms with van der Waals surface area (Å²) < 4.78 is 11.3. The molecule has 2 aromatic carbocycles. The average Bonchev–Trinajstić information content (AvgIpc) is 3.29. The summed E-state index contributed by atoms with van der Waals surface area (Å²) in [4.78, 5) is 43.5. The Balaban J connectivity index is 1.37. The van der Waals surface area contributed by atoms with Gasteiger partial charge in [-0.1, -0.05) is 31.0 Å². The number of anilines is 1. The van der Waals surface area contributed by atoms with Gasteiger partial charge in [0.2, 0.25) is 11.8 Å². The highest BCUT2D eigenvalue weighted by Crippen LogP contribution is 2.27. The molecule has 3 N–H and O–H groups in total. The number of hydrogen-bond donors (Lipinski definition) is 3. The van der Waals surface area contributed by atoms with Gasteiger partial charge in [0.25, 0.3) is 0 Å². The van der Waals surface area contributed by atoms with Crippen LogP contribution < -0.4 is 20.3 Å². The predicted octanol–water partition coefficient (Wildman–Crippen LogP) is 4.07. The first-order valence-corrected chi connectivity index (χ1v) is 14.5. The maximum atomic E-state index is 13.3. The highest BCUT2D eigenvalue weighted by Gasteiger charge is 2.25. The Bertz CT molecular complexity index is 1320. The van der Waals surface area contributed by atoms with Gasteiger partial charge in [0.05, 0.1) is 26.2 Å². The molecule has 2 heterocycles. The summed E-state index contributed by atoms with van der Waals surface area (Å²) in [5.74, 6) is 0.444. The summed E-state index contributed by atoms with van der Waals surface area (Å²) in [5.41, 5.74) is 3.86. The first kappa shape index (κ1) is 30.1. The van der Waals surface area contributed by atoms with Crippen molar-refractivity contribution >= 4 is 34.2 Å². The molecule has 2 amide bonds. The predicted molar refractivity (Wildman–Crippen MR) is 160 cm³/mol. The van der Waals surface area contributed by atoms with Gasteiger partial charge in [-0.05, 0) is 62.6 Å². The molecule has 0 spiro atoms. The van der Waals surface area contributed by atoms with Crippen molar-refractivity contribution in [2.24, 2.45) is 0 Å². The molecular weight excluding hydrogens is 520 g/mol. The van der Waals surface area contributed by atoms with Crippen molar-refractivity contribution in [3.8, 4) is 5.75 Å². The van der Waals surface area contributed by atoms with Crippen molar-refractivity contribution in [2.45, 2.75) is 64.5 Å². The molecule has 1 aromatic heterocycles. The summed E-state index contributed by atoms with van der Waals surface area (Å²) >= 11 is 0. The van der Waals surface area contributed by atoms with Crippen LogP contribution in [-0.4, -0.2) is 68.1 Å². The Morgan fingerprint density at radius 2 is 1.93 bits per heavy atom.